The van der Waals surface area contributed by atoms with Crippen LogP contribution < -0.4 is 49.1 Å². The lowest BCUT2D eigenvalue weighted by atomic mass is 9.96. The van der Waals surface area contributed by atoms with Crippen LogP contribution in [0.15, 0.2) is 65.9 Å². The zero-order valence-corrected chi connectivity index (χ0v) is 37.9. The van der Waals surface area contributed by atoms with Gasteiger partial charge in [0.2, 0.25) is 35.4 Å². The Kier molecular flexibility index (Phi) is 19.0. The van der Waals surface area contributed by atoms with Gasteiger partial charge in [0.05, 0.1) is 12.6 Å². The number of carboxylic acids is 1. The summed E-state index contributed by atoms with van der Waals surface area (Å²) in [5.74, 6) is -7.19. The highest BCUT2D eigenvalue weighted by Crippen LogP contribution is 2.22. The lowest BCUT2D eigenvalue weighted by Crippen LogP contribution is -2.61. The van der Waals surface area contributed by atoms with E-state index < -0.39 is 102 Å². The number of guanidine groups is 1. The van der Waals surface area contributed by atoms with Crippen molar-refractivity contribution in [3.8, 4) is 0 Å². The summed E-state index contributed by atoms with van der Waals surface area (Å²) in [5, 5.41) is 37.2. The third-order valence-electron chi connectivity index (χ3n) is 11.3. The maximum absolute atomic E-state index is 14.7. The second kappa shape index (κ2) is 24.3. The van der Waals surface area contributed by atoms with Crippen LogP contribution >= 0.6 is 0 Å². The van der Waals surface area contributed by atoms with Gasteiger partial charge in [-0.15, -0.1) is 0 Å². The number of carbonyl (C=O) groups is 7. The molecule has 16 N–H and O–H groups in total. The number of aromatic amines is 2. The first kappa shape index (κ1) is 51.6. The predicted molar refractivity (Wildman–Crippen MR) is 248 cm³/mol. The average molecular weight is 917 g/mol. The summed E-state index contributed by atoms with van der Waals surface area (Å²) in [6, 6.07) is 5.70. The van der Waals surface area contributed by atoms with Crippen molar-refractivity contribution in [3.63, 3.8) is 0 Å². The summed E-state index contributed by atoms with van der Waals surface area (Å²) in [5.41, 5.74) is 19.4. The van der Waals surface area contributed by atoms with Crippen molar-refractivity contribution in [2.75, 3.05) is 13.2 Å². The van der Waals surface area contributed by atoms with Gasteiger partial charge >= 0.3 is 5.97 Å². The largest absolute Gasteiger partial charge is 0.480 e. The number of hydrogen-bond donors (Lipinski definition) is 13. The van der Waals surface area contributed by atoms with E-state index in [-0.39, 0.29) is 38.2 Å². The summed E-state index contributed by atoms with van der Waals surface area (Å²) in [4.78, 5) is 105. The van der Waals surface area contributed by atoms with Crippen molar-refractivity contribution < 1.29 is 43.8 Å². The fourth-order valence-corrected chi connectivity index (χ4v) is 7.26. The number of H-pyrrole nitrogens is 2. The normalized spacial score (nSPS) is 15.0. The number of nitrogens with zero attached hydrogens (tertiary/aromatic N) is 1. The van der Waals surface area contributed by atoms with Crippen LogP contribution in [-0.2, 0) is 46.4 Å². The van der Waals surface area contributed by atoms with Gasteiger partial charge in [0.15, 0.2) is 5.96 Å². The van der Waals surface area contributed by atoms with Crippen LogP contribution in [0.2, 0.25) is 0 Å². The molecule has 358 valence electrons. The number of rotatable bonds is 25. The van der Waals surface area contributed by atoms with Gasteiger partial charge in [-0.1, -0.05) is 70.5 Å². The van der Waals surface area contributed by atoms with Crippen LogP contribution in [0.3, 0.4) is 0 Å². The summed E-state index contributed by atoms with van der Waals surface area (Å²) in [6.45, 7) is 7.46. The topological polar surface area (TPSA) is 354 Å². The van der Waals surface area contributed by atoms with Gasteiger partial charge in [0.25, 0.3) is 0 Å². The van der Waals surface area contributed by atoms with E-state index in [9.17, 15) is 43.8 Å². The monoisotopic (exact) mass is 916 g/mol. The number of benzene rings is 2. The van der Waals surface area contributed by atoms with Crippen molar-refractivity contribution in [2.45, 2.75) is 109 Å². The van der Waals surface area contributed by atoms with Gasteiger partial charge in [-0.25, -0.2) is 4.79 Å². The zero-order valence-electron chi connectivity index (χ0n) is 37.9. The molecule has 21 heteroatoms. The molecule has 0 saturated heterocycles. The quantitative estimate of drug-likeness (QED) is 0.0228. The molecule has 0 fully saturated rings. The van der Waals surface area contributed by atoms with Gasteiger partial charge in [0.1, 0.15) is 36.3 Å². The summed E-state index contributed by atoms with van der Waals surface area (Å²) in [7, 11) is 0. The van der Waals surface area contributed by atoms with Crippen molar-refractivity contribution in [2.24, 2.45) is 34.0 Å². The Morgan fingerprint density at radius 1 is 0.636 bits per heavy atom. The number of aromatic nitrogens is 2. The molecule has 2 aromatic carbocycles. The Morgan fingerprint density at radius 2 is 1.09 bits per heavy atom. The Bertz CT molecular complexity index is 2360. The van der Waals surface area contributed by atoms with Crippen LogP contribution in [0.25, 0.3) is 21.8 Å². The lowest BCUT2D eigenvalue weighted by Gasteiger charge is -2.29. The highest BCUT2D eigenvalue weighted by atomic mass is 16.4. The van der Waals surface area contributed by atoms with Crippen LogP contribution in [0, 0.1) is 11.8 Å². The maximum atomic E-state index is 14.7. The van der Waals surface area contributed by atoms with Gasteiger partial charge in [-0.2, -0.15) is 0 Å². The molecule has 66 heavy (non-hydrogen) atoms. The molecule has 0 saturated carbocycles. The molecule has 0 aliphatic rings. The van der Waals surface area contributed by atoms with Crippen molar-refractivity contribution in [1.29, 1.82) is 0 Å². The Balaban J connectivity index is 1.68. The predicted octanol–water partition coefficient (Wildman–Crippen LogP) is -0.477. The lowest BCUT2D eigenvalue weighted by molar-refractivity contribution is -0.143. The molecular formula is C45H64N12O9. The minimum absolute atomic E-state index is 0.0341. The molecule has 0 aliphatic heterocycles. The standard InChI is InChI=1S/C45H64N12O9/c1-6-24(4)37(57-39(60)32(16-11-17-49-45(47)48)52-42(63)35(22-58)55-38(59)25(5)46)43(64)54-33(18-26-20-50-30-14-9-7-12-28(26)30)40(61)53-34(41(62)56-36(23(2)3)44(65)66)19-27-21-51-31-15-10-8-13-29(27)31/h7-10,12-15,20-21,23-25,32-37,50-51,58H,6,11,16-19,22,46H2,1-5H3,(H,52,63)(H,53,61)(H,54,64)(H,55,59)(H,56,62)(H,57,60)(H,65,66)(H4,47,48,49)/t24-,25-,32-,33-,34-,35-,36-,37-/m0/s1. The molecule has 0 unspecified atom stereocenters. The van der Waals surface area contributed by atoms with Crippen LogP contribution in [0.5, 0.6) is 0 Å². The van der Waals surface area contributed by atoms with Gasteiger partial charge in [-0.05, 0) is 54.9 Å². The van der Waals surface area contributed by atoms with Crippen LogP contribution in [0.1, 0.15) is 65.0 Å². The van der Waals surface area contributed by atoms with E-state index in [1.165, 1.54) is 6.92 Å². The molecule has 0 aliphatic carbocycles. The van der Waals surface area contributed by atoms with E-state index in [0.29, 0.717) is 17.5 Å². The van der Waals surface area contributed by atoms with E-state index >= 15 is 0 Å². The van der Waals surface area contributed by atoms with Crippen LogP contribution in [0.4, 0.5) is 0 Å². The molecule has 0 spiro atoms. The molecule has 8 atom stereocenters. The molecular weight excluding hydrogens is 853 g/mol. The maximum Gasteiger partial charge on any atom is 0.326 e. The molecule has 21 nitrogen and oxygen atoms in total. The fourth-order valence-electron chi connectivity index (χ4n) is 7.26. The van der Waals surface area contributed by atoms with E-state index in [1.54, 1.807) is 40.1 Å². The van der Waals surface area contributed by atoms with Gasteiger partial charge in [-0.3, -0.25) is 33.8 Å². The number of carbonyl (C=O) groups excluding carboxylic acids is 6. The highest BCUT2D eigenvalue weighted by molar-refractivity contribution is 5.98. The number of aliphatic carboxylic acids is 1. The number of hydrogen-bond acceptors (Lipinski definition) is 10. The number of fused-ring (bicyclic) bond motifs is 2. The van der Waals surface area contributed by atoms with Gasteiger partial charge in [0, 0.05) is 53.6 Å². The number of para-hydroxylation sites is 2. The Hall–Kier alpha value is -7.00. The Labute approximate surface area is 382 Å². The first-order valence-electron chi connectivity index (χ1n) is 21.9. The second-order valence-electron chi connectivity index (χ2n) is 16.7. The number of aliphatic imine (C=N–C) groups is 1. The van der Waals surface area contributed by atoms with Crippen LogP contribution in [-0.4, -0.2) is 123 Å². The van der Waals surface area contributed by atoms with Gasteiger partial charge < -0.3 is 69.3 Å². The molecule has 2 heterocycles. The van der Waals surface area contributed by atoms with Crippen molar-refractivity contribution in [1.82, 2.24) is 41.9 Å². The number of aliphatic hydroxyl groups is 1. The Morgan fingerprint density at radius 3 is 1.58 bits per heavy atom. The number of nitrogens with one attached hydrogen (secondary N) is 8. The van der Waals surface area contributed by atoms with E-state index in [4.69, 9.17) is 17.2 Å². The smallest absolute Gasteiger partial charge is 0.326 e. The number of amides is 6. The summed E-state index contributed by atoms with van der Waals surface area (Å²) < 4.78 is 0. The molecule has 0 bridgehead atoms. The zero-order chi connectivity index (χ0) is 48.7. The SMILES string of the molecule is CC[C@H](C)[C@H](NC(=O)[C@H](CCCN=C(N)N)NC(=O)[C@H](CO)NC(=O)[C@H](C)N)C(=O)N[C@@H](Cc1c[nH]c2ccccc12)C(=O)N[C@@H](Cc1c[nH]c2ccccc12)C(=O)N[C@H](C(=O)O)C(C)C. The minimum atomic E-state index is -1.46. The average Bonchev–Trinajstić information content (AvgIpc) is 3.89. The first-order valence-corrected chi connectivity index (χ1v) is 21.9. The summed E-state index contributed by atoms with van der Waals surface area (Å²) >= 11 is 0. The number of carboxylic acid groups (broad SMARTS) is 1. The number of aliphatic hydroxyl groups excluding tert-OH is 1. The first-order chi connectivity index (χ1) is 31.3. The molecule has 0 radical (unpaired) electrons. The minimum Gasteiger partial charge on any atom is -0.480 e. The molecule has 4 aromatic rings. The van der Waals surface area contributed by atoms with E-state index in [2.05, 4.69) is 46.9 Å². The number of nitrogens with two attached hydrogens (primary N) is 3. The van der Waals surface area contributed by atoms with E-state index in [1.807, 2.05) is 48.5 Å². The summed E-state index contributed by atoms with van der Waals surface area (Å²) in [6.07, 6.45) is 3.82. The molecule has 2 aromatic heterocycles. The molecule has 4 rings (SSSR count). The highest BCUT2D eigenvalue weighted by Gasteiger charge is 2.36. The van der Waals surface area contributed by atoms with E-state index in [0.717, 1.165) is 21.8 Å². The van der Waals surface area contributed by atoms with Crippen molar-refractivity contribution in [3.05, 3.63) is 72.1 Å². The molecule has 6 amide bonds. The third kappa shape index (κ3) is 14.2. The fraction of sp³-hybridized carbons (Fsp3) is 0.467. The van der Waals surface area contributed by atoms with Crippen molar-refractivity contribution >= 4 is 69.2 Å². The second-order valence-corrected chi connectivity index (χ2v) is 16.7. The third-order valence-corrected chi connectivity index (χ3v) is 11.3.